The third-order valence-corrected chi connectivity index (χ3v) is 4.81. The van der Waals surface area contributed by atoms with Crippen LogP contribution in [-0.2, 0) is 5.75 Å². The van der Waals surface area contributed by atoms with Gasteiger partial charge in [-0.3, -0.25) is 0 Å². The zero-order valence-corrected chi connectivity index (χ0v) is 12.8. The topological polar surface area (TPSA) is 64.9 Å². The Labute approximate surface area is 129 Å². The van der Waals surface area contributed by atoms with Gasteiger partial charge in [-0.15, -0.1) is 23.1 Å². The van der Waals surface area contributed by atoms with Crippen molar-refractivity contribution in [2.75, 3.05) is 5.73 Å². The van der Waals surface area contributed by atoms with Crippen LogP contribution in [0.2, 0.25) is 0 Å². The molecule has 2 heterocycles. The van der Waals surface area contributed by atoms with Crippen molar-refractivity contribution in [2.45, 2.75) is 17.6 Å². The molecule has 0 saturated heterocycles. The normalized spacial score (nSPS) is 11.0. The quantitative estimate of drug-likeness (QED) is 0.732. The van der Waals surface area contributed by atoms with Crippen molar-refractivity contribution < 1.29 is 8.91 Å². The fourth-order valence-electron chi connectivity index (χ4n) is 1.83. The molecule has 3 rings (SSSR count). The van der Waals surface area contributed by atoms with Crippen molar-refractivity contribution >= 4 is 28.1 Å². The maximum atomic E-state index is 13.1. The van der Waals surface area contributed by atoms with Crippen LogP contribution in [0.3, 0.4) is 0 Å². The van der Waals surface area contributed by atoms with Gasteiger partial charge >= 0.3 is 0 Å². The number of benzene rings is 1. The van der Waals surface area contributed by atoms with E-state index in [9.17, 15) is 4.39 Å². The molecule has 0 radical (unpaired) electrons. The second-order valence-electron chi connectivity index (χ2n) is 4.42. The fraction of sp³-hybridized carbons (Fsp3) is 0.143. The van der Waals surface area contributed by atoms with Crippen molar-refractivity contribution in [3.63, 3.8) is 0 Å². The minimum atomic E-state index is -0.251. The van der Waals surface area contributed by atoms with E-state index in [0.717, 1.165) is 20.3 Å². The number of nitrogens with zero attached hydrogens (tertiary/aromatic N) is 2. The van der Waals surface area contributed by atoms with Crippen LogP contribution in [-0.4, -0.2) is 10.1 Å². The van der Waals surface area contributed by atoms with Crippen molar-refractivity contribution in [2.24, 2.45) is 0 Å². The first kappa shape index (κ1) is 14.1. The Morgan fingerprint density at radius 3 is 2.95 bits per heavy atom. The molecule has 0 saturated carbocycles. The predicted octanol–water partition coefficient (Wildman–Crippen LogP) is 4.12. The summed E-state index contributed by atoms with van der Waals surface area (Å²) in [5.74, 6) is 1.32. The molecule has 0 amide bonds. The summed E-state index contributed by atoms with van der Waals surface area (Å²) in [4.78, 5) is 6.08. The van der Waals surface area contributed by atoms with E-state index in [1.807, 2.05) is 19.1 Å². The van der Waals surface area contributed by atoms with Crippen molar-refractivity contribution in [3.8, 4) is 10.8 Å². The summed E-state index contributed by atoms with van der Waals surface area (Å²) in [5, 5.41) is 4.66. The van der Waals surface area contributed by atoms with Gasteiger partial charge in [0.1, 0.15) is 5.82 Å². The molecule has 108 valence electrons. The summed E-state index contributed by atoms with van der Waals surface area (Å²) in [6, 6.07) is 8.30. The van der Waals surface area contributed by atoms with E-state index in [2.05, 4.69) is 10.1 Å². The summed E-state index contributed by atoms with van der Waals surface area (Å²) >= 11 is 2.88. The first-order valence-electron chi connectivity index (χ1n) is 6.19. The second-order valence-corrected chi connectivity index (χ2v) is 6.56. The van der Waals surface area contributed by atoms with E-state index in [1.165, 1.54) is 35.2 Å². The van der Waals surface area contributed by atoms with Crippen LogP contribution in [0, 0.1) is 12.7 Å². The third-order valence-electron chi connectivity index (χ3n) is 2.76. The Morgan fingerprint density at radius 1 is 1.38 bits per heavy atom. The molecule has 4 nitrogen and oxygen atoms in total. The molecule has 0 aliphatic heterocycles. The molecule has 0 fully saturated rings. The number of aryl methyl sites for hydroxylation is 1. The lowest BCUT2D eigenvalue weighted by Crippen LogP contribution is -1.84. The summed E-state index contributed by atoms with van der Waals surface area (Å²) in [5.41, 5.74) is 6.78. The molecule has 2 aromatic heterocycles. The Morgan fingerprint density at radius 2 is 2.24 bits per heavy atom. The molecule has 0 atom stereocenters. The number of hydrogen-bond donors (Lipinski definition) is 1. The Balaban J connectivity index is 1.72. The van der Waals surface area contributed by atoms with E-state index in [-0.39, 0.29) is 5.82 Å². The molecule has 7 heteroatoms. The number of thiophene rings is 1. The molecule has 3 aromatic rings. The first-order chi connectivity index (χ1) is 10.1. The van der Waals surface area contributed by atoms with Crippen molar-refractivity contribution in [1.29, 1.82) is 0 Å². The SMILES string of the molecule is Cc1cc(N)sc1-c1nc(CSc2cccc(F)c2)no1. The lowest BCUT2D eigenvalue weighted by molar-refractivity contribution is 0.426. The van der Waals surface area contributed by atoms with E-state index >= 15 is 0 Å². The first-order valence-corrected chi connectivity index (χ1v) is 7.99. The van der Waals surface area contributed by atoms with E-state index in [0.29, 0.717) is 17.5 Å². The van der Waals surface area contributed by atoms with Gasteiger partial charge in [-0.1, -0.05) is 11.2 Å². The summed E-state index contributed by atoms with van der Waals surface area (Å²) in [6.45, 7) is 1.95. The third kappa shape index (κ3) is 3.25. The molecule has 0 bridgehead atoms. The number of anilines is 1. The zero-order valence-electron chi connectivity index (χ0n) is 11.2. The second kappa shape index (κ2) is 5.87. The van der Waals surface area contributed by atoms with Crippen molar-refractivity contribution in [3.05, 3.63) is 47.5 Å². The fourth-order valence-corrected chi connectivity index (χ4v) is 3.47. The average Bonchev–Trinajstić information content (AvgIpc) is 3.03. The minimum absolute atomic E-state index is 0.251. The number of rotatable bonds is 4. The maximum Gasteiger partial charge on any atom is 0.268 e. The van der Waals surface area contributed by atoms with Gasteiger partial charge in [0.2, 0.25) is 0 Å². The van der Waals surface area contributed by atoms with Crippen LogP contribution in [0.25, 0.3) is 10.8 Å². The lowest BCUT2D eigenvalue weighted by atomic mass is 10.3. The Hall–Kier alpha value is -1.86. The van der Waals surface area contributed by atoms with Gasteiger partial charge in [-0.25, -0.2) is 4.39 Å². The number of nitrogen functional groups attached to an aromatic ring is 1. The molecule has 0 unspecified atom stereocenters. The highest BCUT2D eigenvalue weighted by molar-refractivity contribution is 7.98. The van der Waals surface area contributed by atoms with Crippen LogP contribution in [0.15, 0.2) is 39.8 Å². The van der Waals surface area contributed by atoms with Gasteiger partial charge < -0.3 is 10.3 Å². The Kier molecular flexibility index (Phi) is 3.94. The van der Waals surface area contributed by atoms with Gasteiger partial charge in [-0.05, 0) is 36.8 Å². The van der Waals surface area contributed by atoms with Crippen LogP contribution in [0.5, 0.6) is 0 Å². The van der Waals surface area contributed by atoms with Crippen LogP contribution >= 0.6 is 23.1 Å². The average molecular weight is 321 g/mol. The highest BCUT2D eigenvalue weighted by atomic mass is 32.2. The largest absolute Gasteiger partial charge is 0.391 e. The van der Waals surface area contributed by atoms with Crippen molar-refractivity contribution in [1.82, 2.24) is 10.1 Å². The van der Waals surface area contributed by atoms with E-state index < -0.39 is 0 Å². The highest BCUT2D eigenvalue weighted by Crippen LogP contribution is 2.33. The summed E-state index contributed by atoms with van der Waals surface area (Å²) in [6.07, 6.45) is 0. The maximum absolute atomic E-state index is 13.1. The van der Waals surface area contributed by atoms with E-state index in [4.69, 9.17) is 10.3 Å². The highest BCUT2D eigenvalue weighted by Gasteiger charge is 2.14. The molecule has 2 N–H and O–H groups in total. The lowest BCUT2D eigenvalue weighted by Gasteiger charge is -1.97. The minimum Gasteiger partial charge on any atom is -0.391 e. The number of hydrogen-bond acceptors (Lipinski definition) is 6. The van der Waals surface area contributed by atoms with Crippen LogP contribution in [0.4, 0.5) is 9.39 Å². The number of aromatic nitrogens is 2. The molecule has 0 aliphatic carbocycles. The monoisotopic (exact) mass is 321 g/mol. The Bertz CT molecular complexity index is 769. The zero-order chi connectivity index (χ0) is 14.8. The summed E-state index contributed by atoms with van der Waals surface area (Å²) < 4.78 is 18.4. The molecular formula is C14H12FN3OS2. The molecular weight excluding hydrogens is 309 g/mol. The van der Waals surface area contributed by atoms with Crippen LogP contribution in [0.1, 0.15) is 11.4 Å². The van der Waals surface area contributed by atoms with Gasteiger partial charge in [0.25, 0.3) is 5.89 Å². The molecule has 1 aromatic carbocycles. The van der Waals surface area contributed by atoms with Gasteiger partial charge in [-0.2, -0.15) is 4.98 Å². The standard InChI is InChI=1S/C14H12FN3OS2/c1-8-5-11(16)21-13(8)14-17-12(18-19-14)7-20-10-4-2-3-9(15)6-10/h2-6H,7,16H2,1H3. The molecule has 0 spiro atoms. The van der Waals surface area contributed by atoms with E-state index in [1.54, 1.807) is 6.07 Å². The van der Waals surface area contributed by atoms with Gasteiger partial charge in [0.15, 0.2) is 5.82 Å². The smallest absolute Gasteiger partial charge is 0.268 e. The summed E-state index contributed by atoms with van der Waals surface area (Å²) in [7, 11) is 0. The number of halogens is 1. The number of thioether (sulfide) groups is 1. The molecule has 0 aliphatic rings. The number of nitrogens with two attached hydrogens (primary N) is 1. The van der Waals surface area contributed by atoms with Gasteiger partial charge in [0, 0.05) is 4.90 Å². The van der Waals surface area contributed by atoms with Gasteiger partial charge in [0.05, 0.1) is 15.6 Å². The predicted molar refractivity (Wildman–Crippen MR) is 82.7 cm³/mol. The van der Waals surface area contributed by atoms with Crippen LogP contribution < -0.4 is 5.73 Å². The molecule has 21 heavy (non-hydrogen) atoms.